The number of imidazole rings is 1. The Bertz CT molecular complexity index is 616. The van der Waals surface area contributed by atoms with E-state index in [9.17, 15) is 9.59 Å². The Morgan fingerprint density at radius 1 is 1.42 bits per heavy atom. The molecule has 2 rings (SSSR count). The number of nitrogens with zero attached hydrogens (tertiary/aromatic N) is 2. The third-order valence-electron chi connectivity index (χ3n) is 2.83. The quantitative estimate of drug-likeness (QED) is 0.772. The minimum absolute atomic E-state index is 0.162. The highest BCUT2D eigenvalue weighted by molar-refractivity contribution is 5.88. The standard InChI is InChI=1S/C14H16N2O3/c1-3-19-14(18)12-9-15-13-8-11(5-4-10(2)17)6-7-16(12)13/h6-9H,3-5H2,1-2H3. The molecule has 0 aliphatic heterocycles. The summed E-state index contributed by atoms with van der Waals surface area (Å²) >= 11 is 0. The van der Waals surface area contributed by atoms with Gasteiger partial charge >= 0.3 is 5.97 Å². The molecule has 0 fully saturated rings. The molecule has 0 spiro atoms. The van der Waals surface area contributed by atoms with E-state index in [4.69, 9.17) is 4.74 Å². The number of Topliss-reactive ketones (excluding diaryl/α,β-unsaturated/α-hetero) is 1. The number of pyridine rings is 1. The molecule has 0 N–H and O–H groups in total. The maximum Gasteiger partial charge on any atom is 0.356 e. The van der Waals surface area contributed by atoms with Crippen LogP contribution in [0.1, 0.15) is 36.3 Å². The molecule has 0 atom stereocenters. The molecule has 5 heteroatoms. The maximum absolute atomic E-state index is 11.7. The van der Waals surface area contributed by atoms with E-state index >= 15 is 0 Å². The van der Waals surface area contributed by atoms with Crippen molar-refractivity contribution in [2.45, 2.75) is 26.7 Å². The van der Waals surface area contributed by atoms with E-state index in [-0.39, 0.29) is 11.8 Å². The van der Waals surface area contributed by atoms with Gasteiger partial charge in [0.05, 0.1) is 12.8 Å². The Labute approximate surface area is 111 Å². The highest BCUT2D eigenvalue weighted by Crippen LogP contribution is 2.12. The lowest BCUT2D eigenvalue weighted by atomic mass is 10.1. The number of hydrogen-bond acceptors (Lipinski definition) is 4. The predicted octanol–water partition coefficient (Wildman–Crippen LogP) is 2.03. The van der Waals surface area contributed by atoms with Crippen molar-refractivity contribution in [1.29, 1.82) is 0 Å². The van der Waals surface area contributed by atoms with Gasteiger partial charge in [0, 0.05) is 12.6 Å². The zero-order chi connectivity index (χ0) is 13.8. The van der Waals surface area contributed by atoms with Crippen LogP contribution < -0.4 is 0 Å². The normalized spacial score (nSPS) is 10.6. The van der Waals surface area contributed by atoms with Crippen LogP contribution in [0, 0.1) is 0 Å². The molecule has 5 nitrogen and oxygen atoms in total. The second kappa shape index (κ2) is 5.65. The minimum Gasteiger partial charge on any atom is -0.461 e. The molecule has 2 aromatic rings. The maximum atomic E-state index is 11.7. The van der Waals surface area contributed by atoms with Crippen LogP contribution in [0.15, 0.2) is 24.5 Å². The fourth-order valence-electron chi connectivity index (χ4n) is 1.85. The summed E-state index contributed by atoms with van der Waals surface area (Å²) in [4.78, 5) is 26.8. The molecule has 0 aliphatic rings. The zero-order valence-electron chi connectivity index (χ0n) is 11.0. The van der Waals surface area contributed by atoms with Crippen LogP contribution in [-0.4, -0.2) is 27.7 Å². The van der Waals surface area contributed by atoms with Gasteiger partial charge in [0.1, 0.15) is 11.4 Å². The summed E-state index contributed by atoms with van der Waals surface area (Å²) in [5, 5.41) is 0. The number of ketones is 1. The Morgan fingerprint density at radius 3 is 2.89 bits per heavy atom. The number of esters is 1. The van der Waals surface area contributed by atoms with Crippen molar-refractivity contribution in [1.82, 2.24) is 9.38 Å². The summed E-state index contributed by atoms with van der Waals surface area (Å²) in [5.41, 5.74) is 2.13. The molecule has 0 aromatic carbocycles. The van der Waals surface area contributed by atoms with Crippen LogP contribution in [0.2, 0.25) is 0 Å². The van der Waals surface area contributed by atoms with Crippen molar-refractivity contribution in [3.05, 3.63) is 35.8 Å². The van der Waals surface area contributed by atoms with Crippen molar-refractivity contribution in [3.8, 4) is 0 Å². The van der Waals surface area contributed by atoms with Crippen LogP contribution in [0.4, 0.5) is 0 Å². The SMILES string of the molecule is CCOC(=O)c1cnc2cc(CCC(C)=O)ccn12. The molecule has 0 unspecified atom stereocenters. The van der Waals surface area contributed by atoms with Gasteiger partial charge in [-0.2, -0.15) is 0 Å². The van der Waals surface area contributed by atoms with E-state index in [0.29, 0.717) is 30.8 Å². The first kappa shape index (κ1) is 13.3. The zero-order valence-corrected chi connectivity index (χ0v) is 11.0. The molecule has 0 radical (unpaired) electrons. The summed E-state index contributed by atoms with van der Waals surface area (Å²) in [6, 6.07) is 3.77. The number of hydrogen-bond donors (Lipinski definition) is 0. The topological polar surface area (TPSA) is 60.7 Å². The minimum atomic E-state index is -0.383. The number of ether oxygens (including phenoxy) is 1. The van der Waals surface area contributed by atoms with Crippen molar-refractivity contribution >= 4 is 17.4 Å². The van der Waals surface area contributed by atoms with Gasteiger partial charge in [0.25, 0.3) is 0 Å². The van der Waals surface area contributed by atoms with E-state index in [1.807, 2.05) is 12.1 Å². The second-order valence-electron chi connectivity index (χ2n) is 4.33. The number of carbonyl (C=O) groups is 2. The van der Waals surface area contributed by atoms with Crippen molar-refractivity contribution in [2.75, 3.05) is 6.61 Å². The first-order valence-corrected chi connectivity index (χ1v) is 6.24. The van der Waals surface area contributed by atoms with Crippen molar-refractivity contribution in [3.63, 3.8) is 0 Å². The molecule has 0 saturated carbocycles. The van der Waals surface area contributed by atoms with E-state index in [1.165, 1.54) is 6.20 Å². The van der Waals surface area contributed by atoms with Gasteiger partial charge in [0.15, 0.2) is 5.69 Å². The molecule has 19 heavy (non-hydrogen) atoms. The summed E-state index contributed by atoms with van der Waals surface area (Å²) in [7, 11) is 0. The Hall–Kier alpha value is -2.17. The highest BCUT2D eigenvalue weighted by atomic mass is 16.5. The van der Waals surface area contributed by atoms with Gasteiger partial charge in [-0.1, -0.05) is 0 Å². The van der Waals surface area contributed by atoms with Crippen molar-refractivity contribution in [2.24, 2.45) is 0 Å². The number of rotatable bonds is 5. The van der Waals surface area contributed by atoms with Gasteiger partial charge in [-0.25, -0.2) is 9.78 Å². The summed E-state index contributed by atoms with van der Waals surface area (Å²) in [5.74, 6) is -0.220. The van der Waals surface area contributed by atoms with Crippen LogP contribution in [0.3, 0.4) is 0 Å². The molecule has 0 bridgehead atoms. The van der Waals surface area contributed by atoms with Gasteiger partial charge < -0.3 is 9.53 Å². The molecule has 0 aliphatic carbocycles. The monoisotopic (exact) mass is 260 g/mol. The van der Waals surface area contributed by atoms with Crippen LogP contribution in [-0.2, 0) is 16.0 Å². The molecule has 2 heterocycles. The largest absolute Gasteiger partial charge is 0.461 e. The average molecular weight is 260 g/mol. The number of aryl methyl sites for hydroxylation is 1. The molecular formula is C14H16N2O3. The molecule has 0 saturated heterocycles. The van der Waals surface area contributed by atoms with Crippen molar-refractivity contribution < 1.29 is 14.3 Å². The van der Waals surface area contributed by atoms with E-state index in [0.717, 1.165) is 5.56 Å². The second-order valence-corrected chi connectivity index (χ2v) is 4.33. The number of carbonyl (C=O) groups excluding carboxylic acids is 2. The lowest BCUT2D eigenvalue weighted by molar-refractivity contribution is -0.116. The molecular weight excluding hydrogens is 244 g/mol. The fourth-order valence-corrected chi connectivity index (χ4v) is 1.85. The summed E-state index contributed by atoms with van der Waals surface area (Å²) < 4.78 is 6.65. The lowest BCUT2D eigenvalue weighted by Crippen LogP contribution is -2.07. The smallest absolute Gasteiger partial charge is 0.356 e. The average Bonchev–Trinajstić information content (AvgIpc) is 2.79. The molecule has 2 aromatic heterocycles. The van der Waals surface area contributed by atoms with E-state index in [2.05, 4.69) is 4.98 Å². The van der Waals surface area contributed by atoms with Crippen LogP contribution in [0.25, 0.3) is 5.65 Å². The third kappa shape index (κ3) is 2.99. The number of aromatic nitrogens is 2. The first-order valence-electron chi connectivity index (χ1n) is 6.24. The fraction of sp³-hybridized carbons (Fsp3) is 0.357. The lowest BCUT2D eigenvalue weighted by Gasteiger charge is -2.03. The van der Waals surface area contributed by atoms with Gasteiger partial charge in [0.2, 0.25) is 0 Å². The highest BCUT2D eigenvalue weighted by Gasteiger charge is 2.13. The van der Waals surface area contributed by atoms with Gasteiger partial charge in [-0.3, -0.25) is 4.40 Å². The Kier molecular flexibility index (Phi) is 3.94. The van der Waals surface area contributed by atoms with Crippen LogP contribution >= 0.6 is 0 Å². The Balaban J connectivity index is 2.26. The van der Waals surface area contributed by atoms with Crippen LogP contribution in [0.5, 0.6) is 0 Å². The van der Waals surface area contributed by atoms with E-state index < -0.39 is 0 Å². The first-order chi connectivity index (χ1) is 9.11. The Morgan fingerprint density at radius 2 is 2.21 bits per heavy atom. The summed E-state index contributed by atoms with van der Waals surface area (Å²) in [6.07, 6.45) is 4.49. The number of fused-ring (bicyclic) bond motifs is 1. The van der Waals surface area contributed by atoms with E-state index in [1.54, 1.807) is 24.4 Å². The van der Waals surface area contributed by atoms with Gasteiger partial charge in [-0.05, 0) is 38.0 Å². The third-order valence-corrected chi connectivity index (χ3v) is 2.83. The molecule has 0 amide bonds. The predicted molar refractivity (Wildman–Crippen MR) is 70.2 cm³/mol. The summed E-state index contributed by atoms with van der Waals surface area (Å²) in [6.45, 7) is 3.68. The van der Waals surface area contributed by atoms with Gasteiger partial charge in [-0.15, -0.1) is 0 Å². The molecule has 100 valence electrons.